The highest BCUT2D eigenvalue weighted by Gasteiger charge is 2.43. The summed E-state index contributed by atoms with van der Waals surface area (Å²) in [6, 6.07) is 11.3. The summed E-state index contributed by atoms with van der Waals surface area (Å²) < 4.78 is 11.9. The molecule has 1 N–H and O–H groups in total. The summed E-state index contributed by atoms with van der Waals surface area (Å²) in [4.78, 5) is 17.6. The van der Waals surface area contributed by atoms with Crippen molar-refractivity contribution in [3.8, 4) is 5.75 Å². The summed E-state index contributed by atoms with van der Waals surface area (Å²) >= 11 is 0. The summed E-state index contributed by atoms with van der Waals surface area (Å²) in [5, 5.41) is 9.16. The molecule has 0 aliphatic carbocycles. The van der Waals surface area contributed by atoms with Gasteiger partial charge in [0, 0.05) is 18.7 Å². The Morgan fingerprint density at radius 1 is 1.23 bits per heavy atom. The Morgan fingerprint density at radius 2 is 2.00 bits per heavy atom. The van der Waals surface area contributed by atoms with Gasteiger partial charge in [-0.05, 0) is 43.0 Å². The highest BCUT2D eigenvalue weighted by Crippen LogP contribution is 2.46. The molecule has 1 fully saturated rings. The van der Waals surface area contributed by atoms with Crippen molar-refractivity contribution in [3.05, 3.63) is 53.2 Å². The van der Waals surface area contributed by atoms with Gasteiger partial charge >= 0.3 is 5.97 Å². The van der Waals surface area contributed by atoms with Crippen molar-refractivity contribution in [1.29, 1.82) is 0 Å². The number of rotatable bonds is 3. The third kappa shape index (κ3) is 2.80. The molecule has 26 heavy (non-hydrogen) atoms. The van der Waals surface area contributed by atoms with Crippen molar-refractivity contribution in [2.75, 3.05) is 31.7 Å². The number of hydrogen-bond donors (Lipinski definition) is 1. The van der Waals surface area contributed by atoms with Crippen LogP contribution >= 0.6 is 0 Å². The van der Waals surface area contributed by atoms with E-state index in [1.54, 1.807) is 13.2 Å². The predicted molar refractivity (Wildman–Crippen MR) is 97.0 cm³/mol. The van der Waals surface area contributed by atoms with Crippen LogP contribution in [0.4, 0.5) is 5.82 Å². The van der Waals surface area contributed by atoms with Crippen LogP contribution in [0.15, 0.2) is 36.4 Å². The van der Waals surface area contributed by atoms with E-state index in [9.17, 15) is 4.79 Å². The number of ether oxygens (including phenoxy) is 2. The second kappa shape index (κ2) is 6.61. The SMILES string of the molecule is COc1cccc2c1C1(CCN(c3cccc(C(=O)O)n3)CC1)OCC2. The van der Waals surface area contributed by atoms with Crippen molar-refractivity contribution >= 4 is 11.8 Å². The number of piperidine rings is 1. The van der Waals surface area contributed by atoms with E-state index in [0.717, 1.165) is 38.1 Å². The number of methoxy groups -OCH3 is 1. The number of aromatic nitrogens is 1. The monoisotopic (exact) mass is 354 g/mol. The normalized spacial score (nSPS) is 18.4. The van der Waals surface area contributed by atoms with Gasteiger partial charge in [-0.15, -0.1) is 0 Å². The van der Waals surface area contributed by atoms with Crippen LogP contribution in [-0.2, 0) is 16.8 Å². The summed E-state index contributed by atoms with van der Waals surface area (Å²) in [5.41, 5.74) is 2.22. The van der Waals surface area contributed by atoms with E-state index in [4.69, 9.17) is 14.6 Å². The minimum absolute atomic E-state index is 0.0729. The lowest BCUT2D eigenvalue weighted by molar-refractivity contribution is -0.0780. The van der Waals surface area contributed by atoms with Crippen LogP contribution in [0.2, 0.25) is 0 Å². The van der Waals surface area contributed by atoms with Crippen LogP contribution < -0.4 is 9.64 Å². The topological polar surface area (TPSA) is 71.9 Å². The van der Waals surface area contributed by atoms with E-state index in [1.165, 1.54) is 17.2 Å². The lowest BCUT2D eigenvalue weighted by Crippen LogP contribution is -2.47. The van der Waals surface area contributed by atoms with Gasteiger partial charge in [0.25, 0.3) is 0 Å². The Bertz CT molecular complexity index is 814. The molecule has 136 valence electrons. The Kier molecular flexibility index (Phi) is 4.28. The molecule has 4 rings (SSSR count). The van der Waals surface area contributed by atoms with Gasteiger partial charge in [0.1, 0.15) is 17.2 Å². The average Bonchev–Trinajstić information content (AvgIpc) is 2.68. The molecule has 1 aromatic carbocycles. The summed E-state index contributed by atoms with van der Waals surface area (Å²) in [7, 11) is 1.70. The molecule has 0 radical (unpaired) electrons. The molecule has 1 spiro atoms. The zero-order valence-electron chi connectivity index (χ0n) is 14.8. The fourth-order valence-corrected chi connectivity index (χ4v) is 4.11. The molecule has 0 unspecified atom stereocenters. The summed E-state index contributed by atoms with van der Waals surface area (Å²) in [6.07, 6.45) is 2.54. The van der Waals surface area contributed by atoms with Crippen LogP contribution in [0.1, 0.15) is 34.5 Å². The first-order chi connectivity index (χ1) is 12.6. The third-order valence-corrected chi connectivity index (χ3v) is 5.39. The molecule has 6 heteroatoms. The highest BCUT2D eigenvalue weighted by atomic mass is 16.5. The quantitative estimate of drug-likeness (QED) is 0.914. The fraction of sp³-hybridized carbons (Fsp3) is 0.400. The van der Waals surface area contributed by atoms with E-state index >= 15 is 0 Å². The Balaban J connectivity index is 1.60. The number of carboxylic acids is 1. The van der Waals surface area contributed by atoms with Crippen molar-refractivity contribution < 1.29 is 19.4 Å². The van der Waals surface area contributed by atoms with Gasteiger partial charge in [-0.3, -0.25) is 0 Å². The molecule has 1 aromatic heterocycles. The number of aromatic carboxylic acids is 1. The molecule has 0 atom stereocenters. The number of nitrogens with zero attached hydrogens (tertiary/aromatic N) is 2. The van der Waals surface area contributed by atoms with E-state index in [-0.39, 0.29) is 11.3 Å². The van der Waals surface area contributed by atoms with Crippen molar-refractivity contribution in [3.63, 3.8) is 0 Å². The van der Waals surface area contributed by atoms with Gasteiger partial charge < -0.3 is 19.5 Å². The summed E-state index contributed by atoms with van der Waals surface area (Å²) in [5.74, 6) is 0.590. The van der Waals surface area contributed by atoms with E-state index < -0.39 is 5.97 Å². The number of pyridine rings is 1. The van der Waals surface area contributed by atoms with Crippen molar-refractivity contribution in [2.24, 2.45) is 0 Å². The number of fused-ring (bicyclic) bond motifs is 2. The average molecular weight is 354 g/mol. The van der Waals surface area contributed by atoms with E-state index in [1.807, 2.05) is 18.2 Å². The Morgan fingerprint density at radius 3 is 2.73 bits per heavy atom. The zero-order chi connectivity index (χ0) is 18.1. The fourth-order valence-electron chi connectivity index (χ4n) is 4.11. The van der Waals surface area contributed by atoms with Crippen LogP contribution in [-0.4, -0.2) is 42.9 Å². The first-order valence-electron chi connectivity index (χ1n) is 8.88. The molecule has 1 saturated heterocycles. The smallest absolute Gasteiger partial charge is 0.354 e. The number of carboxylic acid groups (broad SMARTS) is 1. The molecular weight excluding hydrogens is 332 g/mol. The van der Waals surface area contributed by atoms with Crippen LogP contribution in [0.5, 0.6) is 5.75 Å². The molecule has 2 aliphatic rings. The first kappa shape index (κ1) is 16.8. The number of carbonyl (C=O) groups is 1. The molecule has 0 bridgehead atoms. The second-order valence-electron chi connectivity index (χ2n) is 6.76. The highest BCUT2D eigenvalue weighted by molar-refractivity contribution is 5.85. The minimum atomic E-state index is -1.00. The molecular formula is C20H22N2O4. The predicted octanol–water partition coefficient (Wildman–Crippen LogP) is 2.86. The third-order valence-electron chi connectivity index (χ3n) is 5.39. The van der Waals surface area contributed by atoms with Crippen LogP contribution in [0, 0.1) is 0 Å². The van der Waals surface area contributed by atoms with Gasteiger partial charge in [-0.25, -0.2) is 9.78 Å². The molecule has 2 aliphatic heterocycles. The summed E-state index contributed by atoms with van der Waals surface area (Å²) in [6.45, 7) is 2.23. The molecule has 0 amide bonds. The number of benzene rings is 1. The Hall–Kier alpha value is -2.60. The van der Waals surface area contributed by atoms with Gasteiger partial charge in [0.2, 0.25) is 0 Å². The van der Waals surface area contributed by atoms with Crippen LogP contribution in [0.3, 0.4) is 0 Å². The van der Waals surface area contributed by atoms with E-state index in [2.05, 4.69) is 16.0 Å². The van der Waals surface area contributed by atoms with Crippen LogP contribution in [0.25, 0.3) is 0 Å². The largest absolute Gasteiger partial charge is 0.496 e. The van der Waals surface area contributed by atoms with E-state index in [0.29, 0.717) is 12.4 Å². The van der Waals surface area contributed by atoms with Crippen molar-refractivity contribution in [1.82, 2.24) is 4.98 Å². The van der Waals surface area contributed by atoms with Gasteiger partial charge in [0.15, 0.2) is 5.69 Å². The molecule has 6 nitrogen and oxygen atoms in total. The maximum absolute atomic E-state index is 11.2. The molecule has 0 saturated carbocycles. The number of anilines is 1. The molecule has 2 aromatic rings. The standard InChI is InChI=1S/C20H22N2O4/c1-25-16-6-2-4-14-8-13-26-20(18(14)16)9-11-22(12-10-20)17-7-3-5-15(21-17)19(23)24/h2-7H,8-13H2,1H3,(H,23,24). The van der Waals surface area contributed by atoms with Gasteiger partial charge in [-0.2, -0.15) is 0 Å². The minimum Gasteiger partial charge on any atom is -0.496 e. The maximum Gasteiger partial charge on any atom is 0.354 e. The first-order valence-corrected chi connectivity index (χ1v) is 8.88. The Labute approximate surface area is 152 Å². The second-order valence-corrected chi connectivity index (χ2v) is 6.76. The molecule has 3 heterocycles. The van der Waals surface area contributed by atoms with Gasteiger partial charge in [-0.1, -0.05) is 18.2 Å². The van der Waals surface area contributed by atoms with Gasteiger partial charge in [0.05, 0.1) is 13.7 Å². The zero-order valence-corrected chi connectivity index (χ0v) is 14.8. The van der Waals surface area contributed by atoms with Crippen molar-refractivity contribution in [2.45, 2.75) is 24.9 Å². The maximum atomic E-state index is 11.2. The number of hydrogen-bond acceptors (Lipinski definition) is 5. The lowest BCUT2D eigenvalue weighted by Gasteiger charge is -2.45. The lowest BCUT2D eigenvalue weighted by atomic mass is 9.79.